The van der Waals surface area contributed by atoms with Gasteiger partial charge < -0.3 is 10.2 Å². The number of hydrogen-bond donors (Lipinski definition) is 1. The predicted molar refractivity (Wildman–Crippen MR) is 129 cm³/mol. The van der Waals surface area contributed by atoms with Crippen LogP contribution >= 0.6 is 11.8 Å². The molecule has 2 amide bonds. The Morgan fingerprint density at radius 3 is 2.32 bits per heavy atom. The van der Waals surface area contributed by atoms with E-state index in [0.717, 1.165) is 41.2 Å². The van der Waals surface area contributed by atoms with E-state index in [1.54, 1.807) is 23.1 Å². The lowest BCUT2D eigenvalue weighted by Gasteiger charge is -2.25. The second-order valence-corrected chi connectivity index (χ2v) is 9.06. The van der Waals surface area contributed by atoms with Crippen LogP contribution in [0.4, 0.5) is 30.2 Å². The Balaban J connectivity index is 1.53. The maximum Gasteiger partial charge on any atom is 0.416 e. The zero-order chi connectivity index (χ0) is 24.5. The van der Waals surface area contributed by atoms with Gasteiger partial charge in [0, 0.05) is 36.7 Å². The quantitative estimate of drug-likeness (QED) is 0.496. The lowest BCUT2D eigenvalue weighted by Crippen LogP contribution is -2.27. The van der Waals surface area contributed by atoms with Crippen molar-refractivity contribution in [1.82, 2.24) is 0 Å². The number of carbonyl (C=O) groups is 2. The van der Waals surface area contributed by atoms with Crippen LogP contribution in [0.25, 0.3) is 0 Å². The smallest absolute Gasteiger partial charge is 0.378 e. The van der Waals surface area contributed by atoms with E-state index in [9.17, 15) is 22.8 Å². The fourth-order valence-electron chi connectivity index (χ4n) is 3.65. The first-order valence-electron chi connectivity index (χ1n) is 10.4. The Kier molecular flexibility index (Phi) is 6.56. The predicted octanol–water partition coefficient (Wildman–Crippen LogP) is 5.80. The first-order chi connectivity index (χ1) is 16.1. The Hall–Kier alpha value is -3.46. The number of thioether (sulfide) groups is 1. The van der Waals surface area contributed by atoms with Crippen molar-refractivity contribution in [3.8, 4) is 0 Å². The number of carbonyl (C=O) groups excluding carboxylic acids is 2. The van der Waals surface area contributed by atoms with Gasteiger partial charge in [0.25, 0.3) is 5.91 Å². The standard InChI is InChI=1S/C25H22F3N3O2S/c1-30(2)20-10-12-21(13-11-20)31-22(32)15-34-24(31)17-4-3-5-19(14-17)29-23(33)16-6-8-18(9-7-16)25(26,27)28/h3-14,24H,15H2,1-2H3,(H,29,33)/t24-/m1/s1. The molecule has 9 heteroatoms. The van der Waals surface area contributed by atoms with Gasteiger partial charge in [-0.3, -0.25) is 14.5 Å². The van der Waals surface area contributed by atoms with Crippen LogP contribution < -0.4 is 15.1 Å². The molecule has 0 aromatic heterocycles. The summed E-state index contributed by atoms with van der Waals surface area (Å²) in [5.74, 6) is -0.189. The van der Waals surface area contributed by atoms with E-state index in [1.807, 2.05) is 49.3 Å². The Labute approximate surface area is 199 Å². The van der Waals surface area contributed by atoms with E-state index in [4.69, 9.17) is 0 Å². The number of amides is 2. The number of halogens is 3. The van der Waals surface area contributed by atoms with Gasteiger partial charge in [-0.25, -0.2) is 0 Å². The molecular weight excluding hydrogens is 463 g/mol. The minimum Gasteiger partial charge on any atom is -0.378 e. The summed E-state index contributed by atoms with van der Waals surface area (Å²) in [4.78, 5) is 28.9. The fourth-order valence-corrected chi connectivity index (χ4v) is 4.81. The fraction of sp³-hybridized carbons (Fsp3) is 0.200. The molecule has 1 atom stereocenters. The van der Waals surface area contributed by atoms with Crippen molar-refractivity contribution in [2.24, 2.45) is 0 Å². The van der Waals surface area contributed by atoms with E-state index in [-0.39, 0.29) is 16.8 Å². The molecule has 5 nitrogen and oxygen atoms in total. The number of nitrogens with zero attached hydrogens (tertiary/aromatic N) is 2. The zero-order valence-electron chi connectivity index (χ0n) is 18.5. The lowest BCUT2D eigenvalue weighted by molar-refractivity contribution is -0.137. The third-order valence-corrected chi connectivity index (χ3v) is 6.63. The second-order valence-electron chi connectivity index (χ2n) is 7.99. The molecule has 0 bridgehead atoms. The molecule has 1 fully saturated rings. The van der Waals surface area contributed by atoms with Crippen LogP contribution in [0.3, 0.4) is 0 Å². The molecule has 176 valence electrons. The van der Waals surface area contributed by atoms with E-state index < -0.39 is 17.6 Å². The Bertz CT molecular complexity index is 1200. The Morgan fingerprint density at radius 1 is 1.03 bits per heavy atom. The molecule has 1 aliphatic heterocycles. The molecule has 0 radical (unpaired) electrons. The molecule has 1 heterocycles. The van der Waals surface area contributed by atoms with Gasteiger partial charge >= 0.3 is 6.18 Å². The highest BCUT2D eigenvalue weighted by atomic mass is 32.2. The summed E-state index contributed by atoms with van der Waals surface area (Å²) >= 11 is 1.49. The minimum absolute atomic E-state index is 0.00760. The molecule has 1 saturated heterocycles. The highest BCUT2D eigenvalue weighted by molar-refractivity contribution is 8.00. The normalized spacial score (nSPS) is 16.0. The third-order valence-electron chi connectivity index (χ3n) is 5.42. The average molecular weight is 486 g/mol. The van der Waals surface area contributed by atoms with E-state index in [1.165, 1.54) is 11.8 Å². The first-order valence-corrected chi connectivity index (χ1v) is 11.5. The summed E-state index contributed by atoms with van der Waals surface area (Å²) in [6, 6.07) is 18.9. The summed E-state index contributed by atoms with van der Waals surface area (Å²) in [6.45, 7) is 0. The molecule has 0 saturated carbocycles. The summed E-state index contributed by atoms with van der Waals surface area (Å²) in [6.07, 6.45) is -4.46. The van der Waals surface area contributed by atoms with E-state index in [2.05, 4.69) is 5.32 Å². The molecule has 3 aromatic carbocycles. The van der Waals surface area contributed by atoms with E-state index in [0.29, 0.717) is 11.4 Å². The van der Waals surface area contributed by atoms with Crippen molar-refractivity contribution in [2.45, 2.75) is 11.6 Å². The maximum absolute atomic E-state index is 12.8. The van der Waals surface area contributed by atoms with Crippen molar-refractivity contribution < 1.29 is 22.8 Å². The van der Waals surface area contributed by atoms with Crippen molar-refractivity contribution in [1.29, 1.82) is 0 Å². The van der Waals surface area contributed by atoms with Crippen LogP contribution in [-0.2, 0) is 11.0 Å². The van der Waals surface area contributed by atoms with Crippen LogP contribution in [0.5, 0.6) is 0 Å². The molecule has 0 aliphatic carbocycles. The minimum atomic E-state index is -4.46. The molecule has 4 rings (SSSR count). The summed E-state index contributed by atoms with van der Waals surface area (Å²) in [5.41, 5.74) is 2.43. The number of alkyl halides is 3. The third kappa shape index (κ3) is 5.04. The SMILES string of the molecule is CN(C)c1ccc(N2C(=O)CS[C@@H]2c2cccc(NC(=O)c3ccc(C(F)(F)F)cc3)c2)cc1. The monoisotopic (exact) mass is 485 g/mol. The number of hydrogen-bond acceptors (Lipinski definition) is 4. The van der Waals surface area contributed by atoms with Crippen LogP contribution in [-0.4, -0.2) is 31.7 Å². The number of benzene rings is 3. The molecule has 0 unspecified atom stereocenters. The van der Waals surface area contributed by atoms with Crippen LogP contribution in [0.1, 0.15) is 26.9 Å². The van der Waals surface area contributed by atoms with Crippen molar-refractivity contribution in [3.05, 3.63) is 89.5 Å². The number of nitrogens with one attached hydrogen (secondary N) is 1. The van der Waals surface area contributed by atoms with E-state index >= 15 is 0 Å². The topological polar surface area (TPSA) is 52.6 Å². The van der Waals surface area contributed by atoms with Crippen molar-refractivity contribution in [3.63, 3.8) is 0 Å². The second kappa shape index (κ2) is 9.42. The van der Waals surface area contributed by atoms with Gasteiger partial charge in [0.1, 0.15) is 5.37 Å². The summed E-state index contributed by atoms with van der Waals surface area (Å²) < 4.78 is 38.3. The molecule has 0 spiro atoms. The molecule has 3 aromatic rings. The summed E-state index contributed by atoms with van der Waals surface area (Å²) in [5, 5.41) is 2.46. The molecular formula is C25H22F3N3O2S. The maximum atomic E-state index is 12.8. The number of rotatable bonds is 5. The van der Waals surface area contributed by atoms with Gasteiger partial charge in [0.15, 0.2) is 0 Å². The summed E-state index contributed by atoms with van der Waals surface area (Å²) in [7, 11) is 3.89. The van der Waals surface area contributed by atoms with Gasteiger partial charge in [-0.05, 0) is 66.2 Å². The van der Waals surface area contributed by atoms with Crippen LogP contribution in [0, 0.1) is 0 Å². The Morgan fingerprint density at radius 2 is 1.71 bits per heavy atom. The van der Waals surface area contributed by atoms with Gasteiger partial charge in [0.05, 0.1) is 11.3 Å². The average Bonchev–Trinajstić information content (AvgIpc) is 3.20. The molecule has 34 heavy (non-hydrogen) atoms. The van der Waals surface area contributed by atoms with Gasteiger partial charge in [-0.2, -0.15) is 13.2 Å². The lowest BCUT2D eigenvalue weighted by atomic mass is 10.1. The van der Waals surface area contributed by atoms with Crippen LogP contribution in [0.2, 0.25) is 0 Å². The first kappa shape index (κ1) is 23.7. The van der Waals surface area contributed by atoms with Crippen LogP contribution in [0.15, 0.2) is 72.8 Å². The van der Waals surface area contributed by atoms with Gasteiger partial charge in [0.2, 0.25) is 5.91 Å². The van der Waals surface area contributed by atoms with Gasteiger partial charge in [-0.1, -0.05) is 12.1 Å². The highest BCUT2D eigenvalue weighted by Crippen LogP contribution is 2.42. The molecule has 1 aliphatic rings. The van der Waals surface area contributed by atoms with Crippen molar-refractivity contribution >= 4 is 40.6 Å². The number of anilines is 3. The largest absolute Gasteiger partial charge is 0.416 e. The van der Waals surface area contributed by atoms with Crippen molar-refractivity contribution in [2.75, 3.05) is 35.0 Å². The van der Waals surface area contributed by atoms with Gasteiger partial charge in [-0.15, -0.1) is 11.8 Å². The molecule has 1 N–H and O–H groups in total. The highest BCUT2D eigenvalue weighted by Gasteiger charge is 2.34. The zero-order valence-corrected chi connectivity index (χ0v) is 19.3.